The Bertz CT molecular complexity index is 307. The van der Waals surface area contributed by atoms with Gasteiger partial charge in [-0.2, -0.15) is 0 Å². The molecule has 2 rings (SSSR count). The summed E-state index contributed by atoms with van der Waals surface area (Å²) in [5.41, 5.74) is 5.52. The largest absolute Gasteiger partial charge is 0.367 e. The van der Waals surface area contributed by atoms with Gasteiger partial charge < -0.3 is 5.73 Å². The molecule has 1 saturated carbocycles. The summed E-state index contributed by atoms with van der Waals surface area (Å²) in [6.07, 6.45) is 5.58. The summed E-state index contributed by atoms with van der Waals surface area (Å²) in [4.78, 5) is 3.98. The third-order valence-corrected chi connectivity index (χ3v) is 3.53. The Morgan fingerprint density at radius 2 is 2.21 bits per heavy atom. The van der Waals surface area contributed by atoms with Crippen LogP contribution in [0.25, 0.3) is 0 Å². The fraction of sp³-hybridized carbons (Fsp3) is 0.800. The van der Waals surface area contributed by atoms with E-state index in [1.165, 1.54) is 19.3 Å². The summed E-state index contributed by atoms with van der Waals surface area (Å²) in [6, 6.07) is 0.489. The summed E-state index contributed by atoms with van der Waals surface area (Å²) in [6.45, 7) is 4.61. The zero-order chi connectivity index (χ0) is 10.1. The highest BCUT2D eigenvalue weighted by molar-refractivity contribution is 5.09. The first-order valence-corrected chi connectivity index (χ1v) is 5.35. The molecule has 0 amide bonds. The lowest BCUT2D eigenvalue weighted by Gasteiger charge is -2.33. The summed E-state index contributed by atoms with van der Waals surface area (Å²) < 4.78 is 1.94. The molecule has 1 aromatic heterocycles. The molecule has 0 bridgehead atoms. The lowest BCUT2D eigenvalue weighted by Crippen LogP contribution is -2.27. The minimum atomic E-state index is 0.385. The zero-order valence-corrected chi connectivity index (χ0v) is 8.85. The van der Waals surface area contributed by atoms with Crippen LogP contribution < -0.4 is 5.73 Å². The smallest absolute Gasteiger partial charge is 0.239 e. The monoisotopic (exact) mass is 194 g/mol. The van der Waals surface area contributed by atoms with E-state index in [-0.39, 0.29) is 0 Å². The lowest BCUT2D eigenvalue weighted by atomic mass is 9.78. The van der Waals surface area contributed by atoms with Crippen molar-refractivity contribution in [2.75, 3.05) is 5.73 Å². The quantitative estimate of drug-likeness (QED) is 0.742. The summed E-state index contributed by atoms with van der Waals surface area (Å²) in [5, 5.41) is 4.20. The van der Waals surface area contributed by atoms with Crippen molar-refractivity contribution < 1.29 is 0 Å². The maximum Gasteiger partial charge on any atom is 0.239 e. The Hall–Kier alpha value is -1.06. The van der Waals surface area contributed by atoms with Gasteiger partial charge in [-0.15, -0.1) is 5.10 Å². The number of rotatable bonds is 1. The van der Waals surface area contributed by atoms with Crippen molar-refractivity contribution in [1.82, 2.24) is 14.8 Å². The molecule has 1 heterocycles. The van der Waals surface area contributed by atoms with Gasteiger partial charge >= 0.3 is 0 Å². The van der Waals surface area contributed by atoms with Gasteiger partial charge in [0.2, 0.25) is 5.95 Å². The molecule has 0 aromatic carbocycles. The van der Waals surface area contributed by atoms with Crippen LogP contribution in [-0.4, -0.2) is 14.8 Å². The molecule has 1 aliphatic carbocycles. The minimum Gasteiger partial charge on any atom is -0.367 e. The van der Waals surface area contributed by atoms with Crippen LogP contribution in [-0.2, 0) is 0 Å². The van der Waals surface area contributed by atoms with Crippen molar-refractivity contribution in [3.63, 3.8) is 0 Å². The summed E-state index contributed by atoms with van der Waals surface area (Å²) in [5.74, 6) is 1.83. The molecule has 4 heteroatoms. The molecular weight excluding hydrogens is 176 g/mol. The highest BCUT2D eigenvalue weighted by Gasteiger charge is 2.28. The molecule has 0 spiro atoms. The second kappa shape index (κ2) is 3.59. The Kier molecular flexibility index (Phi) is 2.44. The fourth-order valence-electron chi connectivity index (χ4n) is 2.38. The average molecular weight is 194 g/mol. The molecule has 0 aliphatic heterocycles. The van der Waals surface area contributed by atoms with Gasteiger partial charge in [-0.05, 0) is 18.3 Å². The molecule has 3 atom stereocenters. The van der Waals surface area contributed by atoms with Crippen LogP contribution in [0.4, 0.5) is 5.95 Å². The van der Waals surface area contributed by atoms with Crippen LogP contribution in [0.1, 0.15) is 39.2 Å². The Labute approximate surface area is 84.5 Å². The molecule has 2 N–H and O–H groups in total. The predicted octanol–water partition coefficient (Wildman–Crippen LogP) is 1.86. The molecule has 1 fully saturated rings. The Morgan fingerprint density at radius 1 is 1.43 bits per heavy atom. The van der Waals surface area contributed by atoms with Gasteiger partial charge in [0.1, 0.15) is 6.33 Å². The van der Waals surface area contributed by atoms with Crippen molar-refractivity contribution in [2.45, 2.75) is 39.2 Å². The topological polar surface area (TPSA) is 56.7 Å². The Morgan fingerprint density at radius 3 is 2.86 bits per heavy atom. The van der Waals surface area contributed by atoms with Crippen LogP contribution >= 0.6 is 0 Å². The minimum absolute atomic E-state index is 0.385. The van der Waals surface area contributed by atoms with Gasteiger partial charge in [0, 0.05) is 0 Å². The van der Waals surface area contributed by atoms with E-state index in [0.29, 0.717) is 17.9 Å². The van der Waals surface area contributed by atoms with Gasteiger partial charge in [-0.25, -0.2) is 9.67 Å². The third-order valence-electron chi connectivity index (χ3n) is 3.53. The number of hydrogen-bond donors (Lipinski definition) is 1. The van der Waals surface area contributed by atoms with E-state index in [2.05, 4.69) is 23.9 Å². The van der Waals surface area contributed by atoms with E-state index >= 15 is 0 Å². The Balaban J connectivity index is 2.17. The second-order valence-electron chi connectivity index (χ2n) is 4.42. The SMILES string of the molecule is CC1CCCC(n2cnc(N)n2)C1C. The number of nitrogen functional groups attached to an aromatic ring is 1. The average Bonchev–Trinajstić information content (AvgIpc) is 2.57. The first-order valence-electron chi connectivity index (χ1n) is 5.35. The van der Waals surface area contributed by atoms with Crippen molar-refractivity contribution >= 4 is 5.95 Å². The molecule has 0 radical (unpaired) electrons. The molecule has 78 valence electrons. The summed E-state index contributed by atoms with van der Waals surface area (Å²) >= 11 is 0. The van der Waals surface area contributed by atoms with Crippen molar-refractivity contribution in [3.8, 4) is 0 Å². The highest BCUT2D eigenvalue weighted by Crippen LogP contribution is 2.36. The van der Waals surface area contributed by atoms with Gasteiger partial charge in [-0.1, -0.05) is 26.7 Å². The van der Waals surface area contributed by atoms with E-state index in [4.69, 9.17) is 5.73 Å². The molecule has 4 nitrogen and oxygen atoms in total. The molecule has 1 aliphatic rings. The van der Waals surface area contributed by atoms with E-state index in [1.807, 2.05) is 4.68 Å². The number of nitrogens with zero attached hydrogens (tertiary/aromatic N) is 3. The third kappa shape index (κ3) is 1.61. The van der Waals surface area contributed by atoms with Crippen molar-refractivity contribution in [3.05, 3.63) is 6.33 Å². The van der Waals surface area contributed by atoms with E-state index in [9.17, 15) is 0 Å². The van der Waals surface area contributed by atoms with Gasteiger partial charge in [-0.3, -0.25) is 0 Å². The van der Waals surface area contributed by atoms with E-state index in [0.717, 1.165) is 5.92 Å². The van der Waals surface area contributed by atoms with Crippen molar-refractivity contribution in [1.29, 1.82) is 0 Å². The number of nitrogens with two attached hydrogens (primary N) is 1. The van der Waals surface area contributed by atoms with Crippen LogP contribution in [0.15, 0.2) is 6.33 Å². The summed E-state index contributed by atoms with van der Waals surface area (Å²) in [7, 11) is 0. The maximum absolute atomic E-state index is 5.52. The fourth-order valence-corrected chi connectivity index (χ4v) is 2.38. The predicted molar refractivity (Wildman–Crippen MR) is 55.7 cm³/mol. The number of hydrogen-bond acceptors (Lipinski definition) is 3. The van der Waals surface area contributed by atoms with Gasteiger partial charge in [0.05, 0.1) is 6.04 Å². The molecule has 14 heavy (non-hydrogen) atoms. The lowest BCUT2D eigenvalue weighted by molar-refractivity contribution is 0.174. The maximum atomic E-state index is 5.52. The standard InChI is InChI=1S/C10H18N4/c1-7-4-3-5-9(8(7)2)14-6-12-10(11)13-14/h6-9H,3-5H2,1-2H3,(H2,11,13). The highest BCUT2D eigenvalue weighted by atomic mass is 15.4. The molecular formula is C10H18N4. The molecule has 0 saturated heterocycles. The van der Waals surface area contributed by atoms with E-state index < -0.39 is 0 Å². The van der Waals surface area contributed by atoms with Crippen molar-refractivity contribution in [2.24, 2.45) is 11.8 Å². The first-order chi connectivity index (χ1) is 6.68. The molecule has 1 aromatic rings. The van der Waals surface area contributed by atoms with Crippen LogP contribution in [0.3, 0.4) is 0 Å². The number of aromatic nitrogens is 3. The first kappa shape index (κ1) is 9.49. The second-order valence-corrected chi connectivity index (χ2v) is 4.42. The van der Waals surface area contributed by atoms with Crippen LogP contribution in [0, 0.1) is 11.8 Å². The van der Waals surface area contributed by atoms with Crippen LogP contribution in [0.2, 0.25) is 0 Å². The van der Waals surface area contributed by atoms with E-state index in [1.54, 1.807) is 6.33 Å². The normalized spacial score (nSPS) is 33.1. The van der Waals surface area contributed by atoms with Crippen LogP contribution in [0.5, 0.6) is 0 Å². The molecule has 3 unspecified atom stereocenters. The zero-order valence-electron chi connectivity index (χ0n) is 8.85. The number of anilines is 1. The van der Waals surface area contributed by atoms with Gasteiger partial charge in [0.25, 0.3) is 0 Å². The van der Waals surface area contributed by atoms with Gasteiger partial charge in [0.15, 0.2) is 0 Å².